The van der Waals surface area contributed by atoms with Gasteiger partial charge in [-0.05, 0) is 59.5 Å². The molecule has 0 spiro atoms. The molecule has 0 bridgehead atoms. The molecule has 0 amide bonds. The molecule has 0 radical (unpaired) electrons. The van der Waals surface area contributed by atoms with E-state index in [0.29, 0.717) is 5.41 Å². The first-order valence-corrected chi connectivity index (χ1v) is 6.41. The third kappa shape index (κ3) is 7.20. The highest BCUT2D eigenvalue weighted by atomic mass is 15.1. The summed E-state index contributed by atoms with van der Waals surface area (Å²) in [5.74, 6) is 0. The van der Waals surface area contributed by atoms with Crippen LogP contribution in [-0.4, -0.2) is 64.2 Å². The summed E-state index contributed by atoms with van der Waals surface area (Å²) >= 11 is 0. The quantitative estimate of drug-likeness (QED) is 0.646. The van der Waals surface area contributed by atoms with Crippen LogP contribution in [0.1, 0.15) is 26.7 Å². The van der Waals surface area contributed by atoms with E-state index in [-0.39, 0.29) is 0 Å². The molecule has 0 saturated heterocycles. The molecule has 0 fully saturated rings. The Morgan fingerprint density at radius 3 is 2.19 bits per heavy atom. The zero-order valence-electron chi connectivity index (χ0n) is 12.1. The minimum absolute atomic E-state index is 0.404. The van der Waals surface area contributed by atoms with E-state index >= 15 is 0 Å². The number of hydrogen-bond acceptors (Lipinski definition) is 3. The van der Waals surface area contributed by atoms with Crippen LogP contribution in [0.5, 0.6) is 0 Å². The Morgan fingerprint density at radius 1 is 1.12 bits per heavy atom. The van der Waals surface area contributed by atoms with Gasteiger partial charge in [-0.2, -0.15) is 0 Å². The first-order chi connectivity index (χ1) is 7.43. The normalized spacial score (nSPS) is 15.8. The van der Waals surface area contributed by atoms with E-state index < -0.39 is 0 Å². The largest absolute Gasteiger partial charge is 0.319 e. The van der Waals surface area contributed by atoms with Gasteiger partial charge in [0.2, 0.25) is 0 Å². The molecule has 0 heterocycles. The van der Waals surface area contributed by atoms with E-state index in [1.165, 1.54) is 32.5 Å². The van der Waals surface area contributed by atoms with Crippen molar-refractivity contribution in [3.8, 4) is 0 Å². The monoisotopic (exact) mass is 229 g/mol. The van der Waals surface area contributed by atoms with Gasteiger partial charge in [0.25, 0.3) is 0 Å². The lowest BCUT2D eigenvalue weighted by Gasteiger charge is -2.33. The fraction of sp³-hybridized carbons (Fsp3) is 1.00. The molecule has 0 aromatic carbocycles. The maximum absolute atomic E-state index is 3.30. The molecule has 0 aromatic heterocycles. The van der Waals surface area contributed by atoms with Crippen molar-refractivity contribution in [3.63, 3.8) is 0 Å². The van der Waals surface area contributed by atoms with Crippen molar-refractivity contribution in [2.24, 2.45) is 5.41 Å². The molecule has 0 rings (SSSR count). The van der Waals surface area contributed by atoms with Gasteiger partial charge in [0.15, 0.2) is 0 Å². The Morgan fingerprint density at radius 2 is 1.75 bits per heavy atom. The highest BCUT2D eigenvalue weighted by molar-refractivity contribution is 4.78. The molecule has 1 N–H and O–H groups in total. The average molecular weight is 229 g/mol. The Bertz CT molecular complexity index is 171. The van der Waals surface area contributed by atoms with Gasteiger partial charge < -0.3 is 15.1 Å². The number of hydrogen-bond donors (Lipinski definition) is 1. The maximum atomic E-state index is 3.30. The van der Waals surface area contributed by atoms with Gasteiger partial charge in [-0.15, -0.1) is 0 Å². The summed E-state index contributed by atoms with van der Waals surface area (Å²) in [5.41, 5.74) is 0.404. The Hall–Kier alpha value is -0.120. The van der Waals surface area contributed by atoms with Crippen LogP contribution in [0.4, 0.5) is 0 Å². The molecule has 1 atom stereocenters. The lowest BCUT2D eigenvalue weighted by Crippen LogP contribution is -2.40. The summed E-state index contributed by atoms with van der Waals surface area (Å²) < 4.78 is 0. The van der Waals surface area contributed by atoms with E-state index in [2.05, 4.69) is 50.1 Å². The highest BCUT2D eigenvalue weighted by Crippen LogP contribution is 2.20. The van der Waals surface area contributed by atoms with Crippen LogP contribution in [0, 0.1) is 5.41 Å². The van der Waals surface area contributed by atoms with E-state index in [1.807, 2.05) is 7.05 Å². The van der Waals surface area contributed by atoms with Crippen molar-refractivity contribution in [2.75, 3.05) is 54.4 Å². The summed E-state index contributed by atoms with van der Waals surface area (Å²) in [7, 11) is 8.55. The Labute approximate surface area is 102 Å². The molecule has 98 valence electrons. The predicted molar refractivity (Wildman–Crippen MR) is 73.0 cm³/mol. The second-order valence-electron chi connectivity index (χ2n) is 5.59. The fourth-order valence-corrected chi connectivity index (χ4v) is 2.11. The van der Waals surface area contributed by atoms with Gasteiger partial charge in [-0.25, -0.2) is 0 Å². The SMILES string of the molecule is CCC(C)(CNC)CN(C)CCCN(C)C. The summed E-state index contributed by atoms with van der Waals surface area (Å²) in [6.07, 6.45) is 2.48. The van der Waals surface area contributed by atoms with Gasteiger partial charge in [-0.1, -0.05) is 13.8 Å². The molecule has 1 unspecified atom stereocenters. The van der Waals surface area contributed by atoms with Crippen molar-refractivity contribution in [1.82, 2.24) is 15.1 Å². The lowest BCUT2D eigenvalue weighted by molar-refractivity contribution is 0.178. The van der Waals surface area contributed by atoms with Crippen molar-refractivity contribution in [2.45, 2.75) is 26.7 Å². The lowest BCUT2D eigenvalue weighted by atomic mass is 9.87. The van der Waals surface area contributed by atoms with Crippen molar-refractivity contribution >= 4 is 0 Å². The van der Waals surface area contributed by atoms with Crippen molar-refractivity contribution in [1.29, 1.82) is 0 Å². The first-order valence-electron chi connectivity index (χ1n) is 6.41. The van der Waals surface area contributed by atoms with Gasteiger partial charge in [0, 0.05) is 13.1 Å². The van der Waals surface area contributed by atoms with Crippen LogP contribution in [0.25, 0.3) is 0 Å². The molecule has 0 aromatic rings. The minimum atomic E-state index is 0.404. The summed E-state index contributed by atoms with van der Waals surface area (Å²) in [5, 5.41) is 3.30. The van der Waals surface area contributed by atoms with Gasteiger partial charge in [-0.3, -0.25) is 0 Å². The first kappa shape index (κ1) is 15.9. The topological polar surface area (TPSA) is 18.5 Å². The molecule has 0 aliphatic carbocycles. The van der Waals surface area contributed by atoms with Crippen LogP contribution >= 0.6 is 0 Å². The molecule has 3 nitrogen and oxygen atoms in total. The number of rotatable bonds is 9. The Kier molecular flexibility index (Phi) is 7.98. The summed E-state index contributed by atoms with van der Waals surface area (Å²) in [4.78, 5) is 4.71. The van der Waals surface area contributed by atoms with E-state index in [9.17, 15) is 0 Å². The second kappa shape index (κ2) is 8.04. The van der Waals surface area contributed by atoms with Gasteiger partial charge >= 0.3 is 0 Å². The van der Waals surface area contributed by atoms with E-state index in [1.54, 1.807) is 0 Å². The van der Waals surface area contributed by atoms with Crippen LogP contribution in [0.2, 0.25) is 0 Å². The summed E-state index contributed by atoms with van der Waals surface area (Å²) in [6.45, 7) is 9.30. The molecule has 0 aliphatic heterocycles. The third-order valence-corrected chi connectivity index (χ3v) is 3.25. The molecule has 0 saturated carbocycles. The van der Waals surface area contributed by atoms with Gasteiger partial charge in [0.1, 0.15) is 0 Å². The molecular weight excluding hydrogens is 198 g/mol. The zero-order valence-corrected chi connectivity index (χ0v) is 12.1. The third-order valence-electron chi connectivity index (χ3n) is 3.25. The maximum Gasteiger partial charge on any atom is 0.00443 e. The Balaban J connectivity index is 3.86. The van der Waals surface area contributed by atoms with E-state index in [4.69, 9.17) is 0 Å². The van der Waals surface area contributed by atoms with Crippen molar-refractivity contribution < 1.29 is 0 Å². The highest BCUT2D eigenvalue weighted by Gasteiger charge is 2.22. The number of nitrogens with one attached hydrogen (secondary N) is 1. The van der Waals surface area contributed by atoms with Crippen LogP contribution < -0.4 is 5.32 Å². The summed E-state index contributed by atoms with van der Waals surface area (Å²) in [6, 6.07) is 0. The van der Waals surface area contributed by atoms with Crippen LogP contribution in [0.15, 0.2) is 0 Å². The van der Waals surface area contributed by atoms with Crippen LogP contribution in [-0.2, 0) is 0 Å². The van der Waals surface area contributed by atoms with Crippen molar-refractivity contribution in [3.05, 3.63) is 0 Å². The second-order valence-corrected chi connectivity index (χ2v) is 5.59. The molecule has 0 aliphatic rings. The number of nitrogens with zero attached hydrogens (tertiary/aromatic N) is 2. The fourth-order valence-electron chi connectivity index (χ4n) is 2.11. The zero-order chi connectivity index (χ0) is 12.6. The van der Waals surface area contributed by atoms with Gasteiger partial charge in [0.05, 0.1) is 0 Å². The predicted octanol–water partition coefficient (Wildman–Crippen LogP) is 1.51. The minimum Gasteiger partial charge on any atom is -0.319 e. The molecular formula is C13H31N3. The molecule has 16 heavy (non-hydrogen) atoms. The van der Waals surface area contributed by atoms with E-state index in [0.717, 1.165) is 6.54 Å². The standard InChI is InChI=1S/C13H31N3/c1-7-13(2,11-14-3)12-16(6)10-8-9-15(4)5/h14H,7-12H2,1-6H3. The average Bonchev–Trinajstić information content (AvgIpc) is 2.17. The smallest absolute Gasteiger partial charge is 0.00443 e. The molecule has 3 heteroatoms. The van der Waals surface area contributed by atoms with Crippen LogP contribution in [0.3, 0.4) is 0 Å².